The molecule has 1 heteroatoms. The number of benzene rings is 4. The molecule has 0 radical (unpaired) electrons. The van der Waals surface area contributed by atoms with Gasteiger partial charge in [0.2, 0.25) is 0 Å². The molecular weight excluding hydrogens is 340 g/mol. The minimum atomic E-state index is -1.60. The van der Waals surface area contributed by atoms with E-state index in [1.54, 1.807) is 0 Å². The lowest BCUT2D eigenvalue weighted by Crippen LogP contribution is -2.42. The van der Waals surface area contributed by atoms with Crippen LogP contribution in [0.2, 0.25) is 19.1 Å². The lowest BCUT2D eigenvalue weighted by molar-refractivity contribution is 0.911. The van der Waals surface area contributed by atoms with E-state index in [0.29, 0.717) is 5.92 Å². The van der Waals surface area contributed by atoms with Crippen molar-refractivity contribution in [2.24, 2.45) is 0 Å². The lowest BCUT2D eigenvalue weighted by Gasteiger charge is -2.30. The average molecular weight is 367 g/mol. The molecule has 1 atom stereocenters. The van der Waals surface area contributed by atoms with E-state index in [4.69, 9.17) is 0 Å². The Bertz CT molecular complexity index is 1010. The summed E-state index contributed by atoms with van der Waals surface area (Å²) in [5, 5.41) is 4.24. The van der Waals surface area contributed by atoms with Gasteiger partial charge in [0.1, 0.15) is 0 Å². The smallest absolute Gasteiger partial charge is 0.0654 e. The second-order valence-electron chi connectivity index (χ2n) is 7.99. The fourth-order valence-corrected chi connectivity index (χ4v) is 6.97. The number of fused-ring (bicyclic) bond motifs is 1. The van der Waals surface area contributed by atoms with E-state index in [-0.39, 0.29) is 0 Å². The van der Waals surface area contributed by atoms with E-state index in [1.165, 1.54) is 33.1 Å². The summed E-state index contributed by atoms with van der Waals surface area (Å²) in [5.41, 5.74) is 2.88. The molecule has 27 heavy (non-hydrogen) atoms. The monoisotopic (exact) mass is 366 g/mol. The summed E-state index contributed by atoms with van der Waals surface area (Å²) in [6.07, 6.45) is 0. The fourth-order valence-electron chi connectivity index (χ4n) is 4.16. The van der Waals surface area contributed by atoms with Crippen LogP contribution < -0.4 is 5.19 Å². The van der Waals surface area contributed by atoms with Crippen LogP contribution in [-0.4, -0.2) is 8.07 Å². The first kappa shape index (κ1) is 17.8. The summed E-state index contributed by atoms with van der Waals surface area (Å²) in [7, 11) is -1.60. The average Bonchev–Trinajstić information content (AvgIpc) is 2.73. The van der Waals surface area contributed by atoms with Crippen molar-refractivity contribution >= 4 is 24.0 Å². The van der Waals surface area contributed by atoms with Crippen molar-refractivity contribution in [2.75, 3.05) is 0 Å². The lowest BCUT2D eigenvalue weighted by atomic mass is 9.89. The van der Waals surface area contributed by atoms with Gasteiger partial charge in [-0.1, -0.05) is 121 Å². The van der Waals surface area contributed by atoms with Crippen LogP contribution in [0.4, 0.5) is 0 Å². The molecule has 134 valence electrons. The molecule has 0 fully saturated rings. The van der Waals surface area contributed by atoms with Crippen LogP contribution in [0.25, 0.3) is 10.8 Å². The Labute approximate surface area is 163 Å². The van der Waals surface area contributed by atoms with Crippen molar-refractivity contribution < 1.29 is 0 Å². The maximum Gasteiger partial charge on any atom is 0.0815 e. The predicted molar refractivity (Wildman–Crippen MR) is 121 cm³/mol. The molecule has 0 nitrogen and oxygen atoms in total. The quantitative estimate of drug-likeness (QED) is 0.350. The highest BCUT2D eigenvalue weighted by molar-refractivity contribution is 6.89. The minimum Gasteiger partial charge on any atom is -0.0654 e. The van der Waals surface area contributed by atoms with E-state index in [9.17, 15) is 0 Å². The first-order valence-corrected chi connectivity index (χ1v) is 12.9. The second kappa shape index (κ2) is 7.54. The van der Waals surface area contributed by atoms with Crippen LogP contribution in [0.15, 0.2) is 103 Å². The van der Waals surface area contributed by atoms with Gasteiger partial charge in [0.25, 0.3) is 0 Å². The first-order valence-electron chi connectivity index (χ1n) is 9.73. The van der Waals surface area contributed by atoms with Crippen LogP contribution in [0.5, 0.6) is 0 Å². The van der Waals surface area contributed by atoms with Crippen LogP contribution in [0.3, 0.4) is 0 Å². The molecule has 0 amide bonds. The van der Waals surface area contributed by atoms with Crippen molar-refractivity contribution in [3.8, 4) is 0 Å². The predicted octanol–water partition coefficient (Wildman–Crippen LogP) is 6.59. The van der Waals surface area contributed by atoms with E-state index in [1.807, 2.05) is 0 Å². The molecule has 0 N–H and O–H groups in total. The summed E-state index contributed by atoms with van der Waals surface area (Å²) in [5.74, 6) is 0.416. The molecule has 0 saturated heterocycles. The normalized spacial score (nSPS) is 12.8. The second-order valence-corrected chi connectivity index (χ2v) is 12.7. The maximum atomic E-state index is 2.50. The molecule has 1 unspecified atom stereocenters. The third-order valence-electron chi connectivity index (χ3n) is 5.67. The molecule has 0 bridgehead atoms. The van der Waals surface area contributed by atoms with Crippen LogP contribution >= 0.6 is 0 Å². The minimum absolute atomic E-state index is 0.416. The van der Waals surface area contributed by atoms with Crippen molar-refractivity contribution in [1.29, 1.82) is 0 Å². The number of rotatable bonds is 5. The van der Waals surface area contributed by atoms with Crippen LogP contribution in [0.1, 0.15) is 17.0 Å². The Morgan fingerprint density at radius 3 is 1.96 bits per heavy atom. The Morgan fingerprint density at radius 1 is 0.630 bits per heavy atom. The van der Waals surface area contributed by atoms with Gasteiger partial charge in [-0.2, -0.15) is 0 Å². The summed E-state index contributed by atoms with van der Waals surface area (Å²) in [4.78, 5) is 0. The standard InChI is InChI=1S/C26H26Si/c1-27(2,23-16-7-4-8-17-23)20-26(22-12-5-3-6-13-22)25-19-11-15-21-14-9-10-18-24(21)25/h3-19,26H,20H2,1-2H3. The molecule has 0 aliphatic heterocycles. The molecule has 0 heterocycles. The highest BCUT2D eigenvalue weighted by Gasteiger charge is 2.29. The van der Waals surface area contributed by atoms with Gasteiger partial charge in [0.15, 0.2) is 0 Å². The van der Waals surface area contributed by atoms with E-state index in [2.05, 4.69) is 116 Å². The van der Waals surface area contributed by atoms with E-state index < -0.39 is 8.07 Å². The summed E-state index contributed by atoms with van der Waals surface area (Å²) in [6, 6.07) is 38.9. The molecule has 4 aromatic rings. The highest BCUT2D eigenvalue weighted by Crippen LogP contribution is 2.36. The zero-order valence-electron chi connectivity index (χ0n) is 16.1. The number of hydrogen-bond acceptors (Lipinski definition) is 0. The Balaban J connectivity index is 1.83. The maximum absolute atomic E-state index is 2.50. The molecular formula is C26H26Si. The SMILES string of the molecule is C[Si](C)(CC(c1ccccc1)c1cccc2ccccc12)c1ccccc1. The largest absolute Gasteiger partial charge is 0.0815 e. The Kier molecular flexibility index (Phi) is 4.96. The third kappa shape index (κ3) is 3.74. The Hall–Kier alpha value is -2.64. The molecule has 0 aliphatic rings. The van der Waals surface area contributed by atoms with Gasteiger partial charge >= 0.3 is 0 Å². The van der Waals surface area contributed by atoms with Gasteiger partial charge in [0, 0.05) is 5.92 Å². The molecule has 0 aromatic heterocycles. The van der Waals surface area contributed by atoms with Crippen molar-refractivity contribution in [1.82, 2.24) is 0 Å². The Morgan fingerprint density at radius 2 is 1.22 bits per heavy atom. The van der Waals surface area contributed by atoms with E-state index >= 15 is 0 Å². The van der Waals surface area contributed by atoms with Crippen molar-refractivity contribution in [2.45, 2.75) is 25.1 Å². The van der Waals surface area contributed by atoms with Gasteiger partial charge in [-0.3, -0.25) is 0 Å². The summed E-state index contributed by atoms with van der Waals surface area (Å²) < 4.78 is 0. The topological polar surface area (TPSA) is 0 Å². The zero-order valence-corrected chi connectivity index (χ0v) is 17.1. The van der Waals surface area contributed by atoms with Crippen molar-refractivity contribution in [3.05, 3.63) is 114 Å². The zero-order chi connectivity index (χ0) is 18.7. The van der Waals surface area contributed by atoms with Gasteiger partial charge in [-0.15, -0.1) is 0 Å². The van der Waals surface area contributed by atoms with Crippen LogP contribution in [-0.2, 0) is 0 Å². The van der Waals surface area contributed by atoms with Gasteiger partial charge in [0.05, 0.1) is 8.07 Å². The molecule has 4 rings (SSSR count). The fraction of sp³-hybridized carbons (Fsp3) is 0.154. The van der Waals surface area contributed by atoms with E-state index in [0.717, 1.165) is 0 Å². The van der Waals surface area contributed by atoms with Gasteiger partial charge in [-0.05, 0) is 27.9 Å². The highest BCUT2D eigenvalue weighted by atomic mass is 28.3. The van der Waals surface area contributed by atoms with Crippen molar-refractivity contribution in [3.63, 3.8) is 0 Å². The first-order chi connectivity index (χ1) is 13.1. The third-order valence-corrected chi connectivity index (χ3v) is 9.00. The van der Waals surface area contributed by atoms with Crippen LogP contribution in [0, 0.1) is 0 Å². The molecule has 0 aliphatic carbocycles. The summed E-state index contributed by atoms with van der Waals surface area (Å²) in [6.45, 7) is 5.01. The molecule has 4 aromatic carbocycles. The molecule has 0 spiro atoms. The number of hydrogen-bond donors (Lipinski definition) is 0. The molecule has 0 saturated carbocycles. The van der Waals surface area contributed by atoms with Gasteiger partial charge < -0.3 is 0 Å². The summed E-state index contributed by atoms with van der Waals surface area (Å²) >= 11 is 0. The van der Waals surface area contributed by atoms with Gasteiger partial charge in [-0.25, -0.2) is 0 Å².